The second-order valence-corrected chi connectivity index (χ2v) is 6.60. The van der Waals surface area contributed by atoms with Crippen molar-refractivity contribution in [2.24, 2.45) is 4.99 Å². The summed E-state index contributed by atoms with van der Waals surface area (Å²) in [6, 6.07) is 0. The summed E-state index contributed by atoms with van der Waals surface area (Å²) in [6.07, 6.45) is 2.90. The Kier molecular flexibility index (Phi) is 11.3. The highest BCUT2D eigenvalue weighted by Gasteiger charge is 2.19. The van der Waals surface area contributed by atoms with Crippen molar-refractivity contribution in [2.45, 2.75) is 53.0 Å². The van der Waals surface area contributed by atoms with Crippen LogP contribution >= 0.6 is 24.0 Å². The second kappa shape index (κ2) is 11.7. The molecule has 1 rings (SSSR count). The fourth-order valence-corrected chi connectivity index (χ4v) is 2.17. The average Bonchev–Trinajstić information content (AvgIpc) is 2.99. The fourth-order valence-electron chi connectivity index (χ4n) is 2.17. The first kappa shape index (κ1) is 23.2. The Balaban J connectivity index is 0.00000529. The summed E-state index contributed by atoms with van der Waals surface area (Å²) in [6.45, 7) is 15.5. The van der Waals surface area contributed by atoms with Crippen LogP contribution in [0.5, 0.6) is 0 Å². The van der Waals surface area contributed by atoms with E-state index in [0.717, 1.165) is 44.3 Å². The van der Waals surface area contributed by atoms with E-state index in [1.54, 1.807) is 13.2 Å². The Morgan fingerprint density at radius 1 is 1.25 bits per heavy atom. The minimum Gasteiger partial charge on any atom is -0.443 e. The van der Waals surface area contributed by atoms with Crippen molar-refractivity contribution < 1.29 is 4.42 Å². The van der Waals surface area contributed by atoms with Crippen molar-refractivity contribution in [3.05, 3.63) is 17.8 Å². The quantitative estimate of drug-likeness (QED) is 0.275. The normalized spacial score (nSPS) is 12.2. The molecule has 1 aromatic heterocycles. The third-order valence-corrected chi connectivity index (χ3v) is 3.76. The van der Waals surface area contributed by atoms with E-state index in [9.17, 15) is 0 Å². The number of hydrogen-bond acceptors (Lipinski definition) is 4. The molecule has 2 N–H and O–H groups in total. The lowest BCUT2D eigenvalue weighted by Gasteiger charge is -2.18. The van der Waals surface area contributed by atoms with Crippen LogP contribution in [0.15, 0.2) is 15.6 Å². The molecule has 1 aromatic rings. The predicted octanol–water partition coefficient (Wildman–Crippen LogP) is 2.99. The molecule has 0 bridgehead atoms. The highest BCUT2D eigenvalue weighted by atomic mass is 127. The van der Waals surface area contributed by atoms with Gasteiger partial charge in [0.1, 0.15) is 5.76 Å². The largest absolute Gasteiger partial charge is 0.443 e. The van der Waals surface area contributed by atoms with Crippen molar-refractivity contribution in [1.29, 1.82) is 0 Å². The Hall–Kier alpha value is -0.830. The van der Waals surface area contributed by atoms with Gasteiger partial charge < -0.3 is 20.0 Å². The van der Waals surface area contributed by atoms with Crippen molar-refractivity contribution in [3.8, 4) is 0 Å². The van der Waals surface area contributed by atoms with Gasteiger partial charge in [0.05, 0.1) is 12.7 Å². The molecule has 6 nitrogen and oxygen atoms in total. The fraction of sp³-hybridized carbons (Fsp3) is 0.765. The predicted molar refractivity (Wildman–Crippen MR) is 111 cm³/mol. The van der Waals surface area contributed by atoms with Crippen LogP contribution in [0.2, 0.25) is 0 Å². The van der Waals surface area contributed by atoms with E-state index in [1.807, 2.05) is 0 Å². The molecule has 0 aliphatic rings. The highest BCUT2D eigenvalue weighted by Crippen LogP contribution is 2.22. The molecular formula is C17H34IN5O. The van der Waals surface area contributed by atoms with Gasteiger partial charge in [-0.1, -0.05) is 34.6 Å². The standard InChI is InChI=1S/C17H33N5O.HI/c1-7-22(8-2)11-9-10-19-16(18-6)21-13-15-20-12-14(23-15)17(3,4)5;/h12H,7-11,13H2,1-6H3,(H2,18,19,21);1H. The van der Waals surface area contributed by atoms with Gasteiger partial charge in [0.2, 0.25) is 5.89 Å². The van der Waals surface area contributed by atoms with Crippen molar-refractivity contribution in [3.63, 3.8) is 0 Å². The Labute approximate surface area is 163 Å². The number of nitrogens with zero attached hydrogens (tertiary/aromatic N) is 3. The monoisotopic (exact) mass is 451 g/mol. The minimum atomic E-state index is -0.0182. The average molecular weight is 451 g/mol. The number of guanidine groups is 1. The number of nitrogens with one attached hydrogen (secondary N) is 2. The summed E-state index contributed by atoms with van der Waals surface area (Å²) >= 11 is 0. The van der Waals surface area contributed by atoms with Gasteiger partial charge in [-0.3, -0.25) is 4.99 Å². The summed E-state index contributed by atoms with van der Waals surface area (Å²) in [7, 11) is 1.77. The van der Waals surface area contributed by atoms with Crippen molar-refractivity contribution >= 4 is 29.9 Å². The van der Waals surface area contributed by atoms with E-state index < -0.39 is 0 Å². The molecular weight excluding hydrogens is 417 g/mol. The second-order valence-electron chi connectivity index (χ2n) is 6.60. The summed E-state index contributed by atoms with van der Waals surface area (Å²) in [5.41, 5.74) is -0.0182. The van der Waals surface area contributed by atoms with Gasteiger partial charge in [-0.15, -0.1) is 24.0 Å². The van der Waals surface area contributed by atoms with Crippen LogP contribution < -0.4 is 10.6 Å². The molecule has 0 unspecified atom stereocenters. The lowest BCUT2D eigenvalue weighted by molar-refractivity contribution is 0.300. The Bertz CT molecular complexity index is 478. The van der Waals surface area contributed by atoms with E-state index in [0.29, 0.717) is 12.4 Å². The van der Waals surface area contributed by atoms with E-state index >= 15 is 0 Å². The number of aliphatic imine (C=N–C) groups is 1. The number of hydrogen-bond donors (Lipinski definition) is 2. The van der Waals surface area contributed by atoms with E-state index in [4.69, 9.17) is 4.42 Å². The first-order valence-corrected chi connectivity index (χ1v) is 8.52. The minimum absolute atomic E-state index is 0. The molecule has 1 heterocycles. The molecule has 0 aromatic carbocycles. The number of rotatable bonds is 8. The molecule has 0 aliphatic heterocycles. The van der Waals surface area contributed by atoms with Gasteiger partial charge in [-0.05, 0) is 26.1 Å². The molecule has 0 aliphatic carbocycles. The zero-order valence-electron chi connectivity index (χ0n) is 16.0. The first-order valence-electron chi connectivity index (χ1n) is 8.52. The van der Waals surface area contributed by atoms with Gasteiger partial charge >= 0.3 is 0 Å². The van der Waals surface area contributed by atoms with E-state index in [2.05, 4.69) is 60.1 Å². The van der Waals surface area contributed by atoms with Crippen LogP contribution in [0, 0.1) is 0 Å². The number of oxazole rings is 1. The Morgan fingerprint density at radius 3 is 2.42 bits per heavy atom. The molecule has 0 fully saturated rings. The summed E-state index contributed by atoms with van der Waals surface area (Å²) in [5.74, 6) is 2.36. The number of halogens is 1. The van der Waals surface area contributed by atoms with Crippen LogP contribution in [-0.4, -0.2) is 49.1 Å². The summed E-state index contributed by atoms with van der Waals surface area (Å²) in [4.78, 5) is 11.0. The molecule has 0 saturated carbocycles. The van der Waals surface area contributed by atoms with E-state index in [1.165, 1.54) is 0 Å². The molecule has 7 heteroatoms. The Morgan fingerprint density at radius 2 is 1.92 bits per heavy atom. The van der Waals surface area contributed by atoms with Crippen LogP contribution in [0.4, 0.5) is 0 Å². The van der Waals surface area contributed by atoms with Gasteiger partial charge in [0.25, 0.3) is 0 Å². The summed E-state index contributed by atoms with van der Waals surface area (Å²) in [5, 5.41) is 6.56. The number of aromatic nitrogens is 1. The maximum absolute atomic E-state index is 5.77. The lowest BCUT2D eigenvalue weighted by atomic mass is 9.94. The molecule has 24 heavy (non-hydrogen) atoms. The maximum Gasteiger partial charge on any atom is 0.213 e. The van der Waals surface area contributed by atoms with Crippen LogP contribution in [0.25, 0.3) is 0 Å². The van der Waals surface area contributed by atoms with Crippen molar-refractivity contribution in [1.82, 2.24) is 20.5 Å². The lowest BCUT2D eigenvalue weighted by Crippen LogP contribution is -2.38. The molecule has 0 atom stereocenters. The van der Waals surface area contributed by atoms with Crippen molar-refractivity contribution in [2.75, 3.05) is 33.2 Å². The van der Waals surface area contributed by atoms with Crippen LogP contribution in [0.1, 0.15) is 52.7 Å². The van der Waals surface area contributed by atoms with Gasteiger partial charge in [-0.25, -0.2) is 4.98 Å². The van der Waals surface area contributed by atoms with Gasteiger partial charge in [0, 0.05) is 19.0 Å². The zero-order chi connectivity index (χ0) is 17.3. The third kappa shape index (κ3) is 8.32. The SMILES string of the molecule is CCN(CC)CCCNC(=NC)NCc1ncc(C(C)(C)C)o1.I. The van der Waals surface area contributed by atoms with Gasteiger partial charge in [0.15, 0.2) is 5.96 Å². The maximum atomic E-state index is 5.77. The molecule has 0 amide bonds. The smallest absolute Gasteiger partial charge is 0.213 e. The highest BCUT2D eigenvalue weighted by molar-refractivity contribution is 14.0. The molecule has 0 spiro atoms. The molecule has 0 saturated heterocycles. The summed E-state index contributed by atoms with van der Waals surface area (Å²) < 4.78 is 5.77. The van der Waals surface area contributed by atoms with E-state index in [-0.39, 0.29) is 29.4 Å². The van der Waals surface area contributed by atoms with Crippen LogP contribution in [-0.2, 0) is 12.0 Å². The zero-order valence-corrected chi connectivity index (χ0v) is 18.3. The van der Waals surface area contributed by atoms with Gasteiger partial charge in [-0.2, -0.15) is 0 Å². The third-order valence-electron chi connectivity index (χ3n) is 3.76. The topological polar surface area (TPSA) is 65.7 Å². The van der Waals surface area contributed by atoms with Crippen LogP contribution in [0.3, 0.4) is 0 Å². The molecule has 0 radical (unpaired) electrons. The first-order chi connectivity index (χ1) is 10.9. The molecule has 140 valence electrons.